The number of hydrogen-bond acceptors (Lipinski definition) is 2. The van der Waals surface area contributed by atoms with Crippen molar-refractivity contribution in [3.8, 4) is 0 Å². The summed E-state index contributed by atoms with van der Waals surface area (Å²) in [6.07, 6.45) is 0.586. The normalized spacial score (nSPS) is 12.9. The van der Waals surface area contributed by atoms with E-state index in [1.807, 2.05) is 25.7 Å². The van der Waals surface area contributed by atoms with E-state index in [4.69, 9.17) is 5.11 Å². The Morgan fingerprint density at radius 3 is 2.45 bits per heavy atom. The molecule has 0 aliphatic rings. The molecule has 1 N–H and O–H groups in total. The second kappa shape index (κ2) is 7.33. The Morgan fingerprint density at radius 1 is 1.30 bits per heavy atom. The average Bonchev–Trinajstić information content (AvgIpc) is 2.33. The molecular formula is C15H21F2NO2. The largest absolute Gasteiger partial charge is 0.481 e. The van der Waals surface area contributed by atoms with Gasteiger partial charge in [-0.25, -0.2) is 8.78 Å². The number of benzene rings is 1. The molecule has 20 heavy (non-hydrogen) atoms. The first-order chi connectivity index (χ1) is 9.32. The van der Waals surface area contributed by atoms with Crippen molar-refractivity contribution in [2.75, 3.05) is 6.54 Å². The van der Waals surface area contributed by atoms with E-state index in [9.17, 15) is 13.6 Å². The van der Waals surface area contributed by atoms with Crippen LogP contribution in [0.5, 0.6) is 0 Å². The fourth-order valence-electron chi connectivity index (χ4n) is 2.33. The Balaban J connectivity index is 2.82. The summed E-state index contributed by atoms with van der Waals surface area (Å²) >= 11 is 0. The maximum Gasteiger partial charge on any atom is 0.303 e. The molecule has 0 aliphatic carbocycles. The van der Waals surface area contributed by atoms with Crippen molar-refractivity contribution < 1.29 is 18.7 Å². The molecule has 112 valence electrons. The molecule has 0 aromatic heterocycles. The van der Waals surface area contributed by atoms with Crippen LogP contribution in [0.25, 0.3) is 0 Å². The highest BCUT2D eigenvalue weighted by molar-refractivity contribution is 5.66. The highest BCUT2D eigenvalue weighted by atomic mass is 19.1. The Kier molecular flexibility index (Phi) is 6.07. The molecule has 5 heteroatoms. The van der Waals surface area contributed by atoms with Crippen molar-refractivity contribution in [1.29, 1.82) is 0 Å². The van der Waals surface area contributed by atoms with E-state index >= 15 is 0 Å². The van der Waals surface area contributed by atoms with Gasteiger partial charge in [0.25, 0.3) is 0 Å². The zero-order valence-electron chi connectivity index (χ0n) is 12.1. The zero-order chi connectivity index (χ0) is 15.3. The average molecular weight is 285 g/mol. The van der Waals surface area contributed by atoms with E-state index < -0.39 is 17.6 Å². The molecule has 1 aromatic carbocycles. The molecule has 1 atom stereocenters. The molecule has 0 amide bonds. The van der Waals surface area contributed by atoms with Gasteiger partial charge in [0.1, 0.15) is 11.6 Å². The van der Waals surface area contributed by atoms with E-state index in [1.54, 1.807) is 0 Å². The monoisotopic (exact) mass is 285 g/mol. The summed E-state index contributed by atoms with van der Waals surface area (Å²) in [7, 11) is 0. The first-order valence-electron chi connectivity index (χ1n) is 6.75. The highest BCUT2D eigenvalue weighted by Crippen LogP contribution is 2.25. The number of carboxylic acid groups (broad SMARTS) is 1. The number of carbonyl (C=O) groups is 1. The van der Waals surface area contributed by atoms with Crippen LogP contribution in [0, 0.1) is 11.6 Å². The Morgan fingerprint density at radius 2 is 1.95 bits per heavy atom. The predicted octanol–water partition coefficient (Wildman–Crippen LogP) is 3.60. The van der Waals surface area contributed by atoms with Crippen LogP contribution < -0.4 is 0 Å². The summed E-state index contributed by atoms with van der Waals surface area (Å²) in [5.41, 5.74) is 0.426. The minimum atomic E-state index is -0.839. The van der Waals surface area contributed by atoms with Crippen molar-refractivity contribution in [1.82, 2.24) is 4.90 Å². The first kappa shape index (κ1) is 16.6. The Labute approximate surface area is 118 Å². The molecule has 1 rings (SSSR count). The SMILES string of the molecule is CC(C)N(CCCC(=O)O)C(C)c1ccc(F)cc1F. The fraction of sp³-hybridized carbons (Fsp3) is 0.533. The van der Waals surface area contributed by atoms with Gasteiger partial charge in [0.05, 0.1) is 0 Å². The Hall–Kier alpha value is -1.49. The lowest BCUT2D eigenvalue weighted by molar-refractivity contribution is -0.137. The molecule has 0 fully saturated rings. The minimum Gasteiger partial charge on any atom is -0.481 e. The topological polar surface area (TPSA) is 40.5 Å². The maximum absolute atomic E-state index is 13.8. The molecular weight excluding hydrogens is 264 g/mol. The third kappa shape index (κ3) is 4.56. The van der Waals surface area contributed by atoms with Crippen LogP contribution in [0.2, 0.25) is 0 Å². The molecule has 0 saturated heterocycles. The van der Waals surface area contributed by atoms with E-state index in [1.165, 1.54) is 12.1 Å². The standard InChI is InChI=1S/C15H21F2NO2/c1-10(2)18(8-4-5-15(19)20)11(3)13-7-6-12(16)9-14(13)17/h6-7,9-11H,4-5,8H2,1-3H3,(H,19,20). The third-order valence-corrected chi connectivity index (χ3v) is 3.38. The second-order valence-corrected chi connectivity index (χ2v) is 5.17. The summed E-state index contributed by atoms with van der Waals surface area (Å²) < 4.78 is 26.8. The lowest BCUT2D eigenvalue weighted by Crippen LogP contribution is -2.35. The van der Waals surface area contributed by atoms with Crippen LogP contribution in [0.4, 0.5) is 8.78 Å². The van der Waals surface area contributed by atoms with Gasteiger partial charge in [-0.2, -0.15) is 0 Å². The first-order valence-corrected chi connectivity index (χ1v) is 6.75. The van der Waals surface area contributed by atoms with Gasteiger partial charge in [0.15, 0.2) is 0 Å². The quantitative estimate of drug-likeness (QED) is 0.832. The number of hydrogen-bond donors (Lipinski definition) is 1. The van der Waals surface area contributed by atoms with Crippen LogP contribution in [0.1, 0.15) is 45.2 Å². The molecule has 0 saturated carbocycles. The number of rotatable bonds is 7. The van der Waals surface area contributed by atoms with E-state index in [-0.39, 0.29) is 18.5 Å². The molecule has 3 nitrogen and oxygen atoms in total. The second-order valence-electron chi connectivity index (χ2n) is 5.17. The van der Waals surface area contributed by atoms with Gasteiger partial charge in [0.2, 0.25) is 0 Å². The van der Waals surface area contributed by atoms with Gasteiger partial charge in [-0.1, -0.05) is 6.07 Å². The zero-order valence-corrected chi connectivity index (χ0v) is 12.1. The molecule has 0 spiro atoms. The van der Waals surface area contributed by atoms with Crippen LogP contribution in [0.3, 0.4) is 0 Å². The number of nitrogens with zero attached hydrogens (tertiary/aromatic N) is 1. The van der Waals surface area contributed by atoms with E-state index in [0.717, 1.165) is 6.07 Å². The summed E-state index contributed by atoms with van der Waals surface area (Å²) in [6, 6.07) is 3.47. The molecule has 0 heterocycles. The number of halogens is 2. The van der Waals surface area contributed by atoms with E-state index in [2.05, 4.69) is 0 Å². The van der Waals surface area contributed by atoms with Crippen molar-refractivity contribution >= 4 is 5.97 Å². The van der Waals surface area contributed by atoms with Crippen molar-refractivity contribution in [2.24, 2.45) is 0 Å². The van der Waals surface area contributed by atoms with Gasteiger partial charge in [0, 0.05) is 30.1 Å². The molecule has 0 radical (unpaired) electrons. The summed E-state index contributed by atoms with van der Waals surface area (Å²) in [4.78, 5) is 12.6. The van der Waals surface area contributed by atoms with Gasteiger partial charge in [-0.15, -0.1) is 0 Å². The minimum absolute atomic E-state index is 0.0852. The van der Waals surface area contributed by atoms with Crippen LogP contribution in [-0.4, -0.2) is 28.6 Å². The van der Waals surface area contributed by atoms with Crippen molar-refractivity contribution in [3.05, 3.63) is 35.4 Å². The molecule has 1 unspecified atom stereocenters. The lowest BCUT2D eigenvalue weighted by atomic mass is 10.0. The van der Waals surface area contributed by atoms with E-state index in [0.29, 0.717) is 18.5 Å². The van der Waals surface area contributed by atoms with Crippen LogP contribution >= 0.6 is 0 Å². The number of aliphatic carboxylic acids is 1. The van der Waals surface area contributed by atoms with Gasteiger partial charge < -0.3 is 5.11 Å². The smallest absolute Gasteiger partial charge is 0.303 e. The predicted molar refractivity (Wildman–Crippen MR) is 73.5 cm³/mol. The highest BCUT2D eigenvalue weighted by Gasteiger charge is 2.21. The van der Waals surface area contributed by atoms with Gasteiger partial charge >= 0.3 is 5.97 Å². The van der Waals surface area contributed by atoms with Crippen molar-refractivity contribution in [3.63, 3.8) is 0 Å². The molecule has 1 aromatic rings. The third-order valence-electron chi connectivity index (χ3n) is 3.38. The van der Waals surface area contributed by atoms with Crippen LogP contribution in [-0.2, 0) is 4.79 Å². The van der Waals surface area contributed by atoms with Crippen LogP contribution in [0.15, 0.2) is 18.2 Å². The summed E-state index contributed by atoms with van der Waals surface area (Å²) in [5, 5.41) is 8.68. The summed E-state index contributed by atoms with van der Waals surface area (Å²) in [6.45, 7) is 6.34. The lowest BCUT2D eigenvalue weighted by Gasteiger charge is -2.33. The summed E-state index contributed by atoms with van der Waals surface area (Å²) in [5.74, 6) is -2.00. The maximum atomic E-state index is 13.8. The van der Waals surface area contributed by atoms with Gasteiger partial charge in [-0.05, 0) is 39.8 Å². The molecule has 0 aliphatic heterocycles. The number of carboxylic acids is 1. The van der Waals surface area contributed by atoms with Gasteiger partial charge in [-0.3, -0.25) is 9.69 Å². The molecule has 0 bridgehead atoms. The Bertz CT molecular complexity index is 463. The van der Waals surface area contributed by atoms with Crippen molar-refractivity contribution in [2.45, 2.75) is 45.7 Å². The fourth-order valence-corrected chi connectivity index (χ4v) is 2.33.